The van der Waals surface area contributed by atoms with E-state index in [0.29, 0.717) is 0 Å². The molecule has 0 unspecified atom stereocenters. The van der Waals surface area contributed by atoms with Gasteiger partial charge >= 0.3 is 0 Å². The standard InChI is InChI=1S/C34H24O2/c35-27-21-26(22-13-5-1-6-14-22)34(25-19-11-4-12-20-25)31(27)30-28(23-15-7-2-8-16-23)29(32(34)33(30)36)24-17-9-3-10-18-24/h1-21,30-32H/t30-,31+,32+,34+/m0/s1. The van der Waals surface area contributed by atoms with Crippen molar-refractivity contribution in [3.8, 4) is 0 Å². The highest BCUT2D eigenvalue weighted by Gasteiger charge is 2.72. The first-order chi connectivity index (χ1) is 17.7. The van der Waals surface area contributed by atoms with Gasteiger partial charge in [-0.05, 0) is 45.0 Å². The maximum Gasteiger partial charge on any atom is 0.161 e. The van der Waals surface area contributed by atoms with Gasteiger partial charge in [-0.3, -0.25) is 9.59 Å². The molecule has 0 amide bonds. The predicted octanol–water partition coefficient (Wildman–Crippen LogP) is 6.65. The number of Topliss-reactive ketones (excluding diaryl/α,β-unsaturated/α-hetero) is 1. The van der Waals surface area contributed by atoms with Crippen LogP contribution < -0.4 is 0 Å². The van der Waals surface area contributed by atoms with Gasteiger partial charge in [0.05, 0.1) is 17.8 Å². The Morgan fingerprint density at radius 2 is 1.00 bits per heavy atom. The van der Waals surface area contributed by atoms with Crippen LogP contribution in [0.15, 0.2) is 127 Å². The summed E-state index contributed by atoms with van der Waals surface area (Å²) in [5.41, 5.74) is 6.44. The van der Waals surface area contributed by atoms with Crippen LogP contribution in [0.1, 0.15) is 22.3 Å². The number of carbonyl (C=O) groups is 2. The molecule has 0 saturated heterocycles. The Morgan fingerprint density at radius 1 is 0.528 bits per heavy atom. The zero-order valence-electron chi connectivity index (χ0n) is 19.7. The molecular formula is C34H24O2. The van der Waals surface area contributed by atoms with Gasteiger partial charge in [-0.1, -0.05) is 121 Å². The molecule has 2 bridgehead atoms. The van der Waals surface area contributed by atoms with Crippen molar-refractivity contribution in [3.63, 3.8) is 0 Å². The SMILES string of the molecule is O=C1[C@H]2C(c3ccccc3)=C(c3ccccc3)[C@H]1[C@]1(c3ccccc3)C(c3ccccc3)=CC(=O)[C@H]21. The molecule has 3 aliphatic carbocycles. The van der Waals surface area contributed by atoms with Crippen LogP contribution in [0.3, 0.4) is 0 Å². The highest BCUT2D eigenvalue weighted by Crippen LogP contribution is 2.71. The Hall–Kier alpha value is -4.30. The van der Waals surface area contributed by atoms with Crippen molar-refractivity contribution in [2.24, 2.45) is 17.8 Å². The maximum atomic E-state index is 14.4. The second-order valence-corrected chi connectivity index (χ2v) is 9.91. The quantitative estimate of drug-likeness (QED) is 0.339. The van der Waals surface area contributed by atoms with E-state index in [1.165, 1.54) is 0 Å². The van der Waals surface area contributed by atoms with E-state index in [1.807, 2.05) is 78.9 Å². The van der Waals surface area contributed by atoms with Gasteiger partial charge in [0.15, 0.2) is 5.78 Å². The lowest BCUT2D eigenvalue weighted by Crippen LogP contribution is -2.42. The topological polar surface area (TPSA) is 34.1 Å². The van der Waals surface area contributed by atoms with E-state index in [9.17, 15) is 9.59 Å². The van der Waals surface area contributed by atoms with Gasteiger partial charge in [0.1, 0.15) is 5.78 Å². The van der Waals surface area contributed by atoms with Crippen molar-refractivity contribution in [2.45, 2.75) is 5.41 Å². The largest absolute Gasteiger partial charge is 0.298 e. The molecule has 0 heterocycles. The Labute approximate surface area is 210 Å². The number of allylic oxidation sites excluding steroid dienone is 4. The van der Waals surface area contributed by atoms with Gasteiger partial charge in [0, 0.05) is 5.41 Å². The summed E-state index contributed by atoms with van der Waals surface area (Å²) in [5.74, 6) is -1.14. The van der Waals surface area contributed by atoms with Crippen molar-refractivity contribution >= 4 is 28.3 Å². The lowest BCUT2D eigenvalue weighted by molar-refractivity contribution is -0.124. The van der Waals surface area contributed by atoms with Crippen LogP contribution >= 0.6 is 0 Å². The second kappa shape index (κ2) is 7.86. The fraction of sp³-hybridized carbons (Fsp3) is 0.118. The van der Waals surface area contributed by atoms with Crippen LogP contribution in [0.25, 0.3) is 16.7 Å². The van der Waals surface area contributed by atoms with Gasteiger partial charge in [-0.25, -0.2) is 0 Å². The first-order valence-electron chi connectivity index (χ1n) is 12.5. The van der Waals surface area contributed by atoms with Crippen LogP contribution in [-0.4, -0.2) is 11.6 Å². The molecule has 36 heavy (non-hydrogen) atoms. The first-order valence-corrected chi connectivity index (χ1v) is 12.5. The molecule has 1 saturated carbocycles. The van der Waals surface area contributed by atoms with Gasteiger partial charge in [0.25, 0.3) is 0 Å². The van der Waals surface area contributed by atoms with Crippen molar-refractivity contribution in [3.05, 3.63) is 150 Å². The van der Waals surface area contributed by atoms with E-state index in [2.05, 4.69) is 48.5 Å². The molecule has 0 aromatic heterocycles. The molecule has 0 spiro atoms. The molecular weight excluding hydrogens is 440 g/mol. The number of hydrogen-bond acceptors (Lipinski definition) is 2. The number of hydrogen-bond donors (Lipinski definition) is 0. The summed E-state index contributed by atoms with van der Waals surface area (Å²) in [6.07, 6.45) is 1.83. The Bertz CT molecular complexity index is 1550. The number of carbonyl (C=O) groups excluding carboxylic acids is 2. The summed E-state index contributed by atoms with van der Waals surface area (Å²) in [7, 11) is 0. The highest BCUT2D eigenvalue weighted by molar-refractivity contribution is 6.26. The van der Waals surface area contributed by atoms with E-state index in [0.717, 1.165) is 39.0 Å². The lowest BCUT2D eigenvalue weighted by Gasteiger charge is -2.43. The van der Waals surface area contributed by atoms with E-state index in [4.69, 9.17) is 0 Å². The van der Waals surface area contributed by atoms with Crippen LogP contribution in [0.5, 0.6) is 0 Å². The molecule has 7 rings (SSSR count). The number of rotatable bonds is 4. The fourth-order valence-electron chi connectivity index (χ4n) is 7.12. The lowest BCUT2D eigenvalue weighted by atomic mass is 9.57. The van der Waals surface area contributed by atoms with Crippen molar-refractivity contribution in [1.29, 1.82) is 0 Å². The minimum Gasteiger partial charge on any atom is -0.298 e. The Kier molecular flexibility index (Phi) is 4.59. The van der Waals surface area contributed by atoms with Crippen LogP contribution in [0.4, 0.5) is 0 Å². The van der Waals surface area contributed by atoms with Crippen molar-refractivity contribution < 1.29 is 9.59 Å². The number of benzene rings is 4. The number of ketones is 2. The van der Waals surface area contributed by atoms with E-state index >= 15 is 0 Å². The first kappa shape index (κ1) is 21.0. The summed E-state index contributed by atoms with van der Waals surface area (Å²) in [4.78, 5) is 28.4. The fourth-order valence-corrected chi connectivity index (χ4v) is 7.12. The van der Waals surface area contributed by atoms with Crippen molar-refractivity contribution in [2.75, 3.05) is 0 Å². The van der Waals surface area contributed by atoms with Crippen LogP contribution in [0, 0.1) is 17.8 Å². The van der Waals surface area contributed by atoms with Crippen molar-refractivity contribution in [1.82, 2.24) is 0 Å². The molecule has 4 aromatic carbocycles. The monoisotopic (exact) mass is 464 g/mol. The Morgan fingerprint density at radius 3 is 1.56 bits per heavy atom. The third-order valence-electron chi connectivity index (χ3n) is 8.30. The van der Waals surface area contributed by atoms with Gasteiger partial charge in [-0.2, -0.15) is 0 Å². The molecule has 3 aliphatic rings. The van der Waals surface area contributed by atoms with Gasteiger partial charge < -0.3 is 0 Å². The molecule has 172 valence electrons. The zero-order valence-corrected chi connectivity index (χ0v) is 19.7. The summed E-state index contributed by atoms with van der Waals surface area (Å²) in [6, 6.07) is 40.8. The minimum absolute atomic E-state index is 0.0547. The maximum absolute atomic E-state index is 14.4. The molecule has 0 aliphatic heterocycles. The van der Waals surface area contributed by atoms with Crippen LogP contribution in [0.2, 0.25) is 0 Å². The molecule has 4 aromatic rings. The summed E-state index contributed by atoms with van der Waals surface area (Å²) in [6.45, 7) is 0. The normalized spacial score (nSPS) is 26.3. The molecule has 2 heteroatoms. The Balaban J connectivity index is 1.59. The smallest absolute Gasteiger partial charge is 0.161 e. The predicted molar refractivity (Wildman–Crippen MR) is 143 cm³/mol. The number of fused-ring (bicyclic) bond motifs is 5. The summed E-state index contributed by atoms with van der Waals surface area (Å²) in [5, 5.41) is 0. The second-order valence-electron chi connectivity index (χ2n) is 9.91. The molecule has 1 fully saturated rings. The van der Waals surface area contributed by atoms with E-state index in [1.54, 1.807) is 0 Å². The third kappa shape index (κ3) is 2.67. The summed E-state index contributed by atoms with van der Waals surface area (Å²) < 4.78 is 0. The van der Waals surface area contributed by atoms with Gasteiger partial charge in [0.2, 0.25) is 0 Å². The highest BCUT2D eigenvalue weighted by atomic mass is 16.1. The van der Waals surface area contributed by atoms with E-state index in [-0.39, 0.29) is 11.6 Å². The molecule has 2 nitrogen and oxygen atoms in total. The molecule has 0 N–H and O–H groups in total. The van der Waals surface area contributed by atoms with Gasteiger partial charge in [-0.15, -0.1) is 0 Å². The summed E-state index contributed by atoms with van der Waals surface area (Å²) >= 11 is 0. The minimum atomic E-state index is -0.731. The third-order valence-corrected chi connectivity index (χ3v) is 8.30. The average molecular weight is 465 g/mol. The molecule has 4 atom stereocenters. The van der Waals surface area contributed by atoms with Crippen LogP contribution in [-0.2, 0) is 15.0 Å². The average Bonchev–Trinajstić information content (AvgIpc) is 3.52. The van der Waals surface area contributed by atoms with E-state index < -0.39 is 23.2 Å². The zero-order chi connectivity index (χ0) is 24.3. The molecule has 0 radical (unpaired) electrons.